The molecule has 1 aromatic carbocycles. The van der Waals surface area contributed by atoms with Gasteiger partial charge in [0.1, 0.15) is 17.5 Å². The van der Waals surface area contributed by atoms with Gasteiger partial charge in [-0.25, -0.2) is 9.67 Å². The molecule has 5 nitrogen and oxygen atoms in total. The molecule has 2 heterocycles. The van der Waals surface area contributed by atoms with E-state index < -0.39 is 0 Å². The second-order valence-corrected chi connectivity index (χ2v) is 6.13. The predicted octanol–water partition coefficient (Wildman–Crippen LogP) is 3.86. The van der Waals surface area contributed by atoms with Gasteiger partial charge in [0.2, 0.25) is 0 Å². The molecule has 3 aromatic rings. The number of hydrogen-bond donors (Lipinski definition) is 1. The van der Waals surface area contributed by atoms with Crippen LogP contribution in [0.4, 0.5) is 5.82 Å². The van der Waals surface area contributed by atoms with Crippen LogP contribution in [0.25, 0.3) is 11.0 Å². The van der Waals surface area contributed by atoms with E-state index in [-0.39, 0.29) is 6.17 Å². The molecule has 21 heavy (non-hydrogen) atoms. The lowest BCUT2D eigenvalue weighted by molar-refractivity contribution is 0.387. The largest absolute Gasteiger partial charge is 0.348 e. The van der Waals surface area contributed by atoms with Crippen molar-refractivity contribution < 1.29 is 0 Å². The van der Waals surface area contributed by atoms with E-state index in [1.165, 1.54) is 0 Å². The monoisotopic (exact) mass is 345 g/mol. The smallest absolute Gasteiger partial charge is 0.127 e. The van der Waals surface area contributed by atoms with Crippen LogP contribution in [-0.4, -0.2) is 20.0 Å². The van der Waals surface area contributed by atoms with Crippen LogP contribution in [0.3, 0.4) is 0 Å². The maximum absolute atomic E-state index is 4.37. The number of nitrogens with zero attached hydrogens (tertiary/aromatic N) is 4. The first-order valence-corrected chi connectivity index (χ1v) is 7.62. The Balaban J connectivity index is 1.96. The first-order chi connectivity index (χ1) is 10.1. The van der Waals surface area contributed by atoms with Crippen LogP contribution in [0.2, 0.25) is 0 Å². The normalized spacial score (nSPS) is 12.8. The number of rotatable bonds is 4. The number of fused-ring (bicyclic) bond motifs is 1. The summed E-state index contributed by atoms with van der Waals surface area (Å²) in [5.74, 6) is 1.15. The molecule has 0 aliphatic carbocycles. The topological polar surface area (TPSA) is 55.6 Å². The maximum Gasteiger partial charge on any atom is 0.127 e. The number of halogens is 1. The van der Waals surface area contributed by atoms with E-state index in [4.69, 9.17) is 0 Å². The zero-order valence-electron chi connectivity index (χ0n) is 11.9. The van der Waals surface area contributed by atoms with Crippen molar-refractivity contribution in [2.75, 3.05) is 5.32 Å². The molecule has 0 fully saturated rings. The van der Waals surface area contributed by atoms with Crippen molar-refractivity contribution in [3.05, 3.63) is 47.1 Å². The molecule has 1 N–H and O–H groups in total. The van der Waals surface area contributed by atoms with E-state index in [0.717, 1.165) is 21.3 Å². The van der Waals surface area contributed by atoms with Gasteiger partial charge in [-0.3, -0.25) is 0 Å². The van der Waals surface area contributed by atoms with E-state index in [9.17, 15) is 0 Å². The van der Waals surface area contributed by atoms with Gasteiger partial charge in [0.05, 0.1) is 5.52 Å². The molecule has 3 rings (SSSR count). The summed E-state index contributed by atoms with van der Waals surface area (Å²) in [7, 11) is 0. The third kappa shape index (κ3) is 2.90. The highest BCUT2D eigenvalue weighted by atomic mass is 79.9. The Kier molecular flexibility index (Phi) is 3.88. The maximum atomic E-state index is 4.37. The predicted molar refractivity (Wildman–Crippen MR) is 87.0 cm³/mol. The highest BCUT2D eigenvalue weighted by Gasteiger charge is 2.19. The molecule has 0 saturated heterocycles. The van der Waals surface area contributed by atoms with Crippen molar-refractivity contribution in [1.82, 2.24) is 20.0 Å². The standard InChI is InChI=1S/C15H16BrN5/c1-10(2)15(18-14-8-7-11(16)9-17-14)21-13-6-4-3-5-12(13)19-20-21/h3-10,15H,1-2H3,(H,17,18). The lowest BCUT2D eigenvalue weighted by Crippen LogP contribution is -2.25. The second kappa shape index (κ2) is 5.81. The van der Waals surface area contributed by atoms with E-state index in [0.29, 0.717) is 5.92 Å². The van der Waals surface area contributed by atoms with Gasteiger partial charge in [0, 0.05) is 10.7 Å². The van der Waals surface area contributed by atoms with Crippen molar-refractivity contribution in [3.63, 3.8) is 0 Å². The molecule has 6 heteroatoms. The molecule has 2 aromatic heterocycles. The molecular weight excluding hydrogens is 330 g/mol. The lowest BCUT2D eigenvalue weighted by atomic mass is 10.1. The van der Waals surface area contributed by atoms with Crippen LogP contribution in [-0.2, 0) is 0 Å². The second-order valence-electron chi connectivity index (χ2n) is 5.22. The van der Waals surface area contributed by atoms with E-state index in [1.54, 1.807) is 6.20 Å². The van der Waals surface area contributed by atoms with Crippen LogP contribution in [0.1, 0.15) is 20.0 Å². The number of anilines is 1. The minimum absolute atomic E-state index is 0.00826. The van der Waals surface area contributed by atoms with E-state index >= 15 is 0 Å². The molecule has 0 amide bonds. The van der Waals surface area contributed by atoms with Crippen molar-refractivity contribution in [2.45, 2.75) is 20.0 Å². The molecule has 1 atom stereocenters. The third-order valence-electron chi connectivity index (χ3n) is 3.30. The average molecular weight is 346 g/mol. The molecule has 0 radical (unpaired) electrons. The minimum atomic E-state index is -0.00826. The molecule has 0 bridgehead atoms. The number of aromatic nitrogens is 4. The van der Waals surface area contributed by atoms with Gasteiger partial charge in [-0.15, -0.1) is 5.10 Å². The summed E-state index contributed by atoms with van der Waals surface area (Å²) in [5, 5.41) is 11.9. The molecule has 0 aliphatic heterocycles. The number of benzene rings is 1. The minimum Gasteiger partial charge on any atom is -0.348 e. The molecule has 0 saturated carbocycles. The van der Waals surface area contributed by atoms with Crippen molar-refractivity contribution in [1.29, 1.82) is 0 Å². The fourth-order valence-electron chi connectivity index (χ4n) is 2.22. The zero-order chi connectivity index (χ0) is 14.8. The van der Waals surface area contributed by atoms with Crippen molar-refractivity contribution >= 4 is 32.8 Å². The van der Waals surface area contributed by atoms with Crippen LogP contribution >= 0.6 is 15.9 Å². The lowest BCUT2D eigenvalue weighted by Gasteiger charge is -2.23. The van der Waals surface area contributed by atoms with E-state index in [1.807, 2.05) is 41.1 Å². The van der Waals surface area contributed by atoms with Gasteiger partial charge < -0.3 is 5.32 Å². The Hall–Kier alpha value is -1.95. The van der Waals surface area contributed by atoms with Crippen molar-refractivity contribution in [2.24, 2.45) is 5.92 Å². The van der Waals surface area contributed by atoms with Gasteiger partial charge in [-0.05, 0) is 46.1 Å². The Morgan fingerprint density at radius 1 is 1.14 bits per heavy atom. The molecule has 0 aliphatic rings. The number of nitrogens with one attached hydrogen (secondary N) is 1. The first kappa shape index (κ1) is 14.0. The van der Waals surface area contributed by atoms with Gasteiger partial charge in [0.25, 0.3) is 0 Å². The third-order valence-corrected chi connectivity index (χ3v) is 3.76. The first-order valence-electron chi connectivity index (χ1n) is 6.83. The average Bonchev–Trinajstić information content (AvgIpc) is 2.90. The Morgan fingerprint density at radius 3 is 2.67 bits per heavy atom. The number of pyridine rings is 1. The van der Waals surface area contributed by atoms with E-state index in [2.05, 4.69) is 50.4 Å². The summed E-state index contributed by atoms with van der Waals surface area (Å²) in [4.78, 5) is 4.37. The summed E-state index contributed by atoms with van der Waals surface area (Å²) in [6.07, 6.45) is 1.77. The highest BCUT2D eigenvalue weighted by Crippen LogP contribution is 2.23. The van der Waals surface area contributed by atoms with Crippen LogP contribution in [0, 0.1) is 5.92 Å². The summed E-state index contributed by atoms with van der Waals surface area (Å²) in [5.41, 5.74) is 1.91. The van der Waals surface area contributed by atoms with Gasteiger partial charge >= 0.3 is 0 Å². The van der Waals surface area contributed by atoms with Gasteiger partial charge in [-0.1, -0.05) is 31.2 Å². The summed E-state index contributed by atoms with van der Waals surface area (Å²) in [6, 6.07) is 11.9. The molecule has 0 spiro atoms. The Bertz CT molecular complexity index is 735. The highest BCUT2D eigenvalue weighted by molar-refractivity contribution is 9.10. The summed E-state index contributed by atoms with van der Waals surface area (Å²) < 4.78 is 2.88. The molecule has 108 valence electrons. The van der Waals surface area contributed by atoms with Crippen molar-refractivity contribution in [3.8, 4) is 0 Å². The Morgan fingerprint density at radius 2 is 1.95 bits per heavy atom. The Labute approximate surface area is 131 Å². The zero-order valence-corrected chi connectivity index (χ0v) is 13.4. The fourth-order valence-corrected chi connectivity index (χ4v) is 2.45. The molecular formula is C15H16BrN5. The SMILES string of the molecule is CC(C)C(Nc1ccc(Br)cn1)n1nnc2ccccc21. The summed E-state index contributed by atoms with van der Waals surface area (Å²) >= 11 is 3.39. The summed E-state index contributed by atoms with van der Waals surface area (Å²) in [6.45, 7) is 4.29. The van der Waals surface area contributed by atoms with Crippen LogP contribution in [0.15, 0.2) is 47.1 Å². The quantitative estimate of drug-likeness (QED) is 0.780. The van der Waals surface area contributed by atoms with Gasteiger partial charge in [0.15, 0.2) is 0 Å². The number of hydrogen-bond acceptors (Lipinski definition) is 4. The van der Waals surface area contributed by atoms with Crippen LogP contribution in [0.5, 0.6) is 0 Å². The number of para-hydroxylation sites is 1. The fraction of sp³-hybridized carbons (Fsp3) is 0.267. The van der Waals surface area contributed by atoms with Crippen LogP contribution < -0.4 is 5.32 Å². The van der Waals surface area contributed by atoms with Gasteiger partial charge in [-0.2, -0.15) is 0 Å². The molecule has 1 unspecified atom stereocenters.